The lowest BCUT2D eigenvalue weighted by atomic mass is 10.1. The van der Waals surface area contributed by atoms with Crippen molar-refractivity contribution in [2.75, 3.05) is 32.9 Å². The van der Waals surface area contributed by atoms with Crippen LogP contribution in [0.5, 0.6) is 0 Å². The molecule has 1 N–H and O–H groups in total. The van der Waals surface area contributed by atoms with Crippen molar-refractivity contribution in [3.8, 4) is 0 Å². The summed E-state index contributed by atoms with van der Waals surface area (Å²) in [5.74, 6) is 0.672. The zero-order valence-electron chi connectivity index (χ0n) is 10.1. The SMILES string of the molecule is CC(C)CN(CCCF)CC1CCCN1. The molecule has 1 aliphatic heterocycles. The summed E-state index contributed by atoms with van der Waals surface area (Å²) in [6.45, 7) is 8.52. The van der Waals surface area contributed by atoms with Crippen LogP contribution in [0.2, 0.25) is 0 Å². The maximum absolute atomic E-state index is 12.2. The molecule has 0 aromatic carbocycles. The topological polar surface area (TPSA) is 15.3 Å². The highest BCUT2D eigenvalue weighted by atomic mass is 19.1. The molecule has 1 saturated heterocycles. The van der Waals surface area contributed by atoms with Gasteiger partial charge in [0.25, 0.3) is 0 Å². The summed E-state index contributed by atoms with van der Waals surface area (Å²) in [7, 11) is 0. The van der Waals surface area contributed by atoms with E-state index in [-0.39, 0.29) is 6.67 Å². The van der Waals surface area contributed by atoms with E-state index in [1.165, 1.54) is 12.8 Å². The summed E-state index contributed by atoms with van der Waals surface area (Å²) in [4.78, 5) is 2.41. The predicted molar refractivity (Wildman–Crippen MR) is 62.9 cm³/mol. The number of hydrogen-bond acceptors (Lipinski definition) is 2. The number of hydrogen-bond donors (Lipinski definition) is 1. The Hall–Kier alpha value is -0.150. The van der Waals surface area contributed by atoms with Crippen LogP contribution in [0.3, 0.4) is 0 Å². The number of alkyl halides is 1. The molecule has 0 saturated carbocycles. The van der Waals surface area contributed by atoms with E-state index < -0.39 is 0 Å². The molecule has 1 heterocycles. The number of rotatable bonds is 7. The number of nitrogens with one attached hydrogen (secondary N) is 1. The fraction of sp³-hybridized carbons (Fsp3) is 1.00. The molecule has 0 bridgehead atoms. The molecule has 1 rings (SSSR count). The highest BCUT2D eigenvalue weighted by Crippen LogP contribution is 2.09. The Balaban J connectivity index is 2.26. The Morgan fingerprint density at radius 2 is 2.27 bits per heavy atom. The van der Waals surface area contributed by atoms with Crippen LogP contribution in [-0.2, 0) is 0 Å². The average molecular weight is 216 g/mol. The molecule has 0 spiro atoms. The molecule has 0 aliphatic carbocycles. The molecule has 1 fully saturated rings. The largest absolute Gasteiger partial charge is 0.313 e. The first kappa shape index (κ1) is 12.9. The monoisotopic (exact) mass is 216 g/mol. The molecule has 0 aromatic rings. The van der Waals surface area contributed by atoms with Crippen molar-refractivity contribution in [2.45, 2.75) is 39.2 Å². The molecule has 1 aliphatic rings. The number of halogens is 1. The third-order valence-corrected chi connectivity index (χ3v) is 2.87. The van der Waals surface area contributed by atoms with Gasteiger partial charge >= 0.3 is 0 Å². The minimum Gasteiger partial charge on any atom is -0.313 e. The normalized spacial score (nSPS) is 21.8. The highest BCUT2D eigenvalue weighted by molar-refractivity contribution is 4.78. The number of nitrogens with zero attached hydrogens (tertiary/aromatic N) is 1. The van der Waals surface area contributed by atoms with Gasteiger partial charge in [0.05, 0.1) is 6.67 Å². The first-order chi connectivity index (χ1) is 7.22. The zero-order valence-corrected chi connectivity index (χ0v) is 10.1. The molecule has 15 heavy (non-hydrogen) atoms. The van der Waals surface area contributed by atoms with Crippen LogP contribution < -0.4 is 5.32 Å². The Morgan fingerprint density at radius 3 is 2.80 bits per heavy atom. The lowest BCUT2D eigenvalue weighted by Crippen LogP contribution is -2.39. The van der Waals surface area contributed by atoms with Crippen molar-refractivity contribution >= 4 is 0 Å². The fourth-order valence-corrected chi connectivity index (χ4v) is 2.28. The molecule has 0 aromatic heterocycles. The van der Waals surface area contributed by atoms with Gasteiger partial charge in [0.1, 0.15) is 0 Å². The average Bonchev–Trinajstić information content (AvgIpc) is 2.66. The molecule has 90 valence electrons. The molecular weight excluding hydrogens is 191 g/mol. The van der Waals surface area contributed by atoms with E-state index in [0.717, 1.165) is 26.2 Å². The summed E-state index contributed by atoms with van der Waals surface area (Å²) in [5.41, 5.74) is 0. The van der Waals surface area contributed by atoms with Crippen molar-refractivity contribution in [3.63, 3.8) is 0 Å². The van der Waals surface area contributed by atoms with Crippen LogP contribution >= 0.6 is 0 Å². The Morgan fingerprint density at radius 1 is 1.47 bits per heavy atom. The van der Waals surface area contributed by atoms with E-state index in [1.807, 2.05) is 0 Å². The first-order valence-corrected chi connectivity index (χ1v) is 6.24. The standard InChI is InChI=1S/C12H25FN2/c1-11(2)9-15(8-4-6-13)10-12-5-3-7-14-12/h11-12,14H,3-10H2,1-2H3. The van der Waals surface area contributed by atoms with Gasteiger partial charge in [0, 0.05) is 25.7 Å². The molecule has 2 nitrogen and oxygen atoms in total. The third kappa shape index (κ3) is 5.47. The van der Waals surface area contributed by atoms with Crippen molar-refractivity contribution in [1.82, 2.24) is 10.2 Å². The molecule has 1 atom stereocenters. The van der Waals surface area contributed by atoms with E-state index in [0.29, 0.717) is 18.4 Å². The van der Waals surface area contributed by atoms with Gasteiger partial charge in [0.2, 0.25) is 0 Å². The fourth-order valence-electron chi connectivity index (χ4n) is 2.28. The van der Waals surface area contributed by atoms with Gasteiger partial charge < -0.3 is 10.2 Å². The van der Waals surface area contributed by atoms with Gasteiger partial charge in [-0.2, -0.15) is 0 Å². The van der Waals surface area contributed by atoms with Gasteiger partial charge in [0.15, 0.2) is 0 Å². The summed E-state index contributed by atoms with van der Waals surface area (Å²) in [6.07, 6.45) is 3.26. The van der Waals surface area contributed by atoms with E-state index >= 15 is 0 Å². The second kappa shape index (κ2) is 7.18. The van der Waals surface area contributed by atoms with Gasteiger partial charge in [-0.15, -0.1) is 0 Å². The van der Waals surface area contributed by atoms with Gasteiger partial charge in [-0.05, 0) is 31.7 Å². The minimum absolute atomic E-state index is 0.188. The lowest BCUT2D eigenvalue weighted by molar-refractivity contribution is 0.214. The maximum Gasteiger partial charge on any atom is 0.0906 e. The predicted octanol–water partition coefficient (Wildman–Crippen LogP) is 2.06. The smallest absolute Gasteiger partial charge is 0.0906 e. The van der Waals surface area contributed by atoms with Crippen LogP contribution in [0.25, 0.3) is 0 Å². The summed E-state index contributed by atoms with van der Waals surface area (Å²) in [5, 5.41) is 3.50. The first-order valence-electron chi connectivity index (χ1n) is 6.24. The molecule has 0 radical (unpaired) electrons. The zero-order chi connectivity index (χ0) is 11.1. The third-order valence-electron chi connectivity index (χ3n) is 2.87. The Bertz CT molecular complexity index is 156. The van der Waals surface area contributed by atoms with Crippen LogP contribution in [-0.4, -0.2) is 43.8 Å². The van der Waals surface area contributed by atoms with Crippen molar-refractivity contribution in [3.05, 3.63) is 0 Å². The van der Waals surface area contributed by atoms with Crippen LogP contribution in [0, 0.1) is 5.92 Å². The lowest BCUT2D eigenvalue weighted by Gasteiger charge is -2.26. The minimum atomic E-state index is -0.188. The van der Waals surface area contributed by atoms with Crippen molar-refractivity contribution in [1.29, 1.82) is 0 Å². The van der Waals surface area contributed by atoms with Gasteiger partial charge in [-0.1, -0.05) is 13.8 Å². The maximum atomic E-state index is 12.2. The van der Waals surface area contributed by atoms with Crippen LogP contribution in [0.15, 0.2) is 0 Å². The van der Waals surface area contributed by atoms with Crippen LogP contribution in [0.1, 0.15) is 33.1 Å². The van der Waals surface area contributed by atoms with Crippen molar-refractivity contribution < 1.29 is 4.39 Å². The van der Waals surface area contributed by atoms with Gasteiger partial charge in [-0.25, -0.2) is 0 Å². The molecular formula is C12H25FN2. The van der Waals surface area contributed by atoms with E-state index in [1.54, 1.807) is 0 Å². The summed E-state index contributed by atoms with van der Waals surface area (Å²) < 4.78 is 12.2. The quantitative estimate of drug-likeness (QED) is 0.701. The second-order valence-corrected chi connectivity index (χ2v) is 4.99. The molecule has 1 unspecified atom stereocenters. The summed E-state index contributed by atoms with van der Waals surface area (Å²) in [6, 6.07) is 0.642. The Kier molecular flexibility index (Phi) is 6.18. The van der Waals surface area contributed by atoms with Crippen molar-refractivity contribution in [2.24, 2.45) is 5.92 Å². The second-order valence-electron chi connectivity index (χ2n) is 4.99. The van der Waals surface area contributed by atoms with E-state index in [4.69, 9.17) is 0 Å². The summed E-state index contributed by atoms with van der Waals surface area (Å²) >= 11 is 0. The van der Waals surface area contributed by atoms with Gasteiger partial charge in [-0.3, -0.25) is 4.39 Å². The molecule has 3 heteroatoms. The van der Waals surface area contributed by atoms with E-state index in [2.05, 4.69) is 24.1 Å². The highest BCUT2D eigenvalue weighted by Gasteiger charge is 2.17. The van der Waals surface area contributed by atoms with E-state index in [9.17, 15) is 4.39 Å². The Labute approximate surface area is 93.2 Å². The molecule has 0 amide bonds. The van der Waals surface area contributed by atoms with Crippen LogP contribution in [0.4, 0.5) is 4.39 Å².